The fraction of sp³-hybridized carbons (Fsp3) is 0.158. The lowest BCUT2D eigenvalue weighted by atomic mass is 10.1. The third-order valence-corrected chi connectivity index (χ3v) is 3.63. The number of carbonyl (C=O) groups excluding carboxylic acids is 1. The first kappa shape index (κ1) is 16.7. The Morgan fingerprint density at radius 1 is 1.16 bits per heavy atom. The minimum absolute atomic E-state index is 0.152. The van der Waals surface area contributed by atoms with Crippen LogP contribution in [-0.2, 0) is 6.61 Å². The maximum Gasteiger partial charge on any atom is 0.287 e. The number of pyridine rings is 1. The second-order valence-electron chi connectivity index (χ2n) is 5.48. The Hall–Kier alpha value is -3.15. The number of benzene rings is 1. The van der Waals surface area contributed by atoms with E-state index in [0.717, 1.165) is 5.56 Å². The van der Waals surface area contributed by atoms with Gasteiger partial charge in [-0.3, -0.25) is 9.78 Å². The summed E-state index contributed by atoms with van der Waals surface area (Å²) in [5.74, 6) is 0.602. The summed E-state index contributed by atoms with van der Waals surface area (Å²) in [6, 6.07) is 12.5. The summed E-state index contributed by atoms with van der Waals surface area (Å²) in [6.45, 7) is 2.04. The number of ether oxygens (including phenoxy) is 1. The summed E-state index contributed by atoms with van der Waals surface area (Å²) in [4.78, 5) is 16.2. The van der Waals surface area contributed by atoms with Crippen LogP contribution in [0.15, 0.2) is 65.3 Å². The van der Waals surface area contributed by atoms with Crippen molar-refractivity contribution in [1.82, 2.24) is 10.3 Å². The third kappa shape index (κ3) is 4.44. The molecule has 3 aromatic rings. The van der Waals surface area contributed by atoms with E-state index in [-0.39, 0.29) is 30.1 Å². The zero-order valence-electron chi connectivity index (χ0n) is 13.6. The number of amides is 1. The second-order valence-corrected chi connectivity index (χ2v) is 5.48. The summed E-state index contributed by atoms with van der Waals surface area (Å²) in [6.07, 6.45) is 3.35. The van der Waals surface area contributed by atoms with Gasteiger partial charge in [-0.05, 0) is 61.0 Å². The number of nitrogens with zero attached hydrogens (tertiary/aromatic N) is 1. The molecule has 0 aliphatic carbocycles. The molecule has 0 bridgehead atoms. The number of nitrogens with one attached hydrogen (secondary N) is 1. The highest BCUT2D eigenvalue weighted by molar-refractivity contribution is 5.91. The SMILES string of the molecule is CC(NC(=O)c1ccc(COc2ccc(F)cc2)o1)c1ccncc1. The molecule has 2 aromatic heterocycles. The monoisotopic (exact) mass is 340 g/mol. The predicted octanol–water partition coefficient (Wildman–Crippen LogP) is 3.88. The quantitative estimate of drug-likeness (QED) is 0.739. The van der Waals surface area contributed by atoms with E-state index < -0.39 is 0 Å². The normalized spacial score (nSPS) is 11.8. The van der Waals surface area contributed by atoms with Crippen molar-refractivity contribution >= 4 is 5.91 Å². The fourth-order valence-corrected chi connectivity index (χ4v) is 2.27. The minimum atomic E-state index is -0.326. The summed E-state index contributed by atoms with van der Waals surface area (Å²) in [5, 5.41) is 2.86. The molecule has 25 heavy (non-hydrogen) atoms. The molecule has 128 valence electrons. The third-order valence-electron chi connectivity index (χ3n) is 3.63. The van der Waals surface area contributed by atoms with Crippen molar-refractivity contribution in [3.63, 3.8) is 0 Å². The van der Waals surface area contributed by atoms with Gasteiger partial charge < -0.3 is 14.5 Å². The van der Waals surface area contributed by atoms with Gasteiger partial charge in [0.25, 0.3) is 5.91 Å². The molecule has 0 saturated heterocycles. The number of hydrogen-bond acceptors (Lipinski definition) is 4. The Balaban J connectivity index is 1.57. The first-order valence-corrected chi connectivity index (χ1v) is 7.79. The number of hydrogen-bond donors (Lipinski definition) is 1. The van der Waals surface area contributed by atoms with E-state index in [1.807, 2.05) is 19.1 Å². The van der Waals surface area contributed by atoms with E-state index in [4.69, 9.17) is 9.15 Å². The Bertz CT molecular complexity index is 831. The van der Waals surface area contributed by atoms with Crippen molar-refractivity contribution in [1.29, 1.82) is 0 Å². The molecule has 0 fully saturated rings. The fourth-order valence-electron chi connectivity index (χ4n) is 2.27. The number of aromatic nitrogens is 1. The van der Waals surface area contributed by atoms with Crippen LogP contribution in [0, 0.1) is 5.82 Å². The average Bonchev–Trinajstić information content (AvgIpc) is 3.11. The topological polar surface area (TPSA) is 64.4 Å². The van der Waals surface area contributed by atoms with Gasteiger partial charge in [0.15, 0.2) is 5.76 Å². The first-order valence-electron chi connectivity index (χ1n) is 7.79. The molecule has 0 aliphatic rings. The Kier molecular flexibility index (Phi) is 5.09. The lowest BCUT2D eigenvalue weighted by molar-refractivity contribution is 0.0907. The molecule has 0 spiro atoms. The maximum absolute atomic E-state index is 12.8. The van der Waals surface area contributed by atoms with Crippen molar-refractivity contribution in [2.24, 2.45) is 0 Å². The van der Waals surface area contributed by atoms with Crippen LogP contribution in [0.25, 0.3) is 0 Å². The van der Waals surface area contributed by atoms with Crippen molar-refractivity contribution < 1.29 is 18.3 Å². The predicted molar refractivity (Wildman–Crippen MR) is 89.6 cm³/mol. The molecule has 1 aromatic carbocycles. The van der Waals surface area contributed by atoms with Gasteiger partial charge in [-0.1, -0.05) is 0 Å². The van der Waals surface area contributed by atoms with Crippen LogP contribution in [0.1, 0.15) is 34.8 Å². The molecule has 2 heterocycles. The van der Waals surface area contributed by atoms with Gasteiger partial charge in [0.1, 0.15) is 23.9 Å². The number of halogens is 1. The molecule has 1 unspecified atom stereocenters. The van der Waals surface area contributed by atoms with Crippen molar-refractivity contribution in [3.8, 4) is 5.75 Å². The van der Waals surface area contributed by atoms with Crippen LogP contribution in [0.3, 0.4) is 0 Å². The zero-order valence-corrected chi connectivity index (χ0v) is 13.6. The van der Waals surface area contributed by atoms with E-state index in [1.54, 1.807) is 24.5 Å². The summed E-state index contributed by atoms with van der Waals surface area (Å²) in [7, 11) is 0. The van der Waals surface area contributed by atoms with Gasteiger partial charge in [0.2, 0.25) is 0 Å². The van der Waals surface area contributed by atoms with Crippen LogP contribution in [-0.4, -0.2) is 10.9 Å². The molecule has 1 atom stereocenters. The Morgan fingerprint density at radius 2 is 1.88 bits per heavy atom. The van der Waals surface area contributed by atoms with E-state index >= 15 is 0 Å². The largest absolute Gasteiger partial charge is 0.486 e. The minimum Gasteiger partial charge on any atom is -0.486 e. The molecule has 1 N–H and O–H groups in total. The lowest BCUT2D eigenvalue weighted by Crippen LogP contribution is -2.26. The summed E-state index contributed by atoms with van der Waals surface area (Å²) in [5.41, 5.74) is 0.953. The molecule has 0 saturated carbocycles. The van der Waals surface area contributed by atoms with Crippen LogP contribution in [0.5, 0.6) is 5.75 Å². The first-order chi connectivity index (χ1) is 12.1. The summed E-state index contributed by atoms with van der Waals surface area (Å²) < 4.78 is 23.8. The molecule has 6 heteroatoms. The van der Waals surface area contributed by atoms with Crippen LogP contribution < -0.4 is 10.1 Å². The standard InChI is InChI=1S/C19H17FN2O3/c1-13(14-8-10-21-11-9-14)22-19(23)18-7-6-17(25-18)12-24-16-4-2-15(20)3-5-16/h2-11,13H,12H2,1H3,(H,22,23). The van der Waals surface area contributed by atoms with E-state index in [0.29, 0.717) is 11.5 Å². The maximum atomic E-state index is 12.8. The van der Waals surface area contributed by atoms with Crippen LogP contribution >= 0.6 is 0 Å². The highest BCUT2D eigenvalue weighted by atomic mass is 19.1. The number of carbonyl (C=O) groups is 1. The zero-order chi connectivity index (χ0) is 17.6. The molecule has 0 aliphatic heterocycles. The smallest absolute Gasteiger partial charge is 0.287 e. The van der Waals surface area contributed by atoms with Crippen molar-refractivity contribution in [2.45, 2.75) is 19.6 Å². The van der Waals surface area contributed by atoms with E-state index in [2.05, 4.69) is 10.3 Å². The van der Waals surface area contributed by atoms with E-state index in [1.165, 1.54) is 24.3 Å². The Labute approximate surface area is 144 Å². The van der Waals surface area contributed by atoms with Crippen LogP contribution in [0.2, 0.25) is 0 Å². The van der Waals surface area contributed by atoms with Gasteiger partial charge in [0, 0.05) is 12.4 Å². The molecular formula is C19H17FN2O3. The van der Waals surface area contributed by atoms with Gasteiger partial charge in [-0.2, -0.15) is 0 Å². The molecule has 1 amide bonds. The second kappa shape index (κ2) is 7.61. The number of furan rings is 1. The van der Waals surface area contributed by atoms with Gasteiger partial charge in [-0.15, -0.1) is 0 Å². The summed E-state index contributed by atoms with van der Waals surface area (Å²) >= 11 is 0. The van der Waals surface area contributed by atoms with Crippen molar-refractivity contribution in [2.75, 3.05) is 0 Å². The van der Waals surface area contributed by atoms with E-state index in [9.17, 15) is 9.18 Å². The Morgan fingerprint density at radius 3 is 2.60 bits per heavy atom. The highest BCUT2D eigenvalue weighted by Gasteiger charge is 2.15. The van der Waals surface area contributed by atoms with Gasteiger partial charge >= 0.3 is 0 Å². The van der Waals surface area contributed by atoms with Crippen LogP contribution in [0.4, 0.5) is 4.39 Å². The molecule has 3 rings (SSSR count). The molecule has 5 nitrogen and oxygen atoms in total. The highest BCUT2D eigenvalue weighted by Crippen LogP contribution is 2.16. The van der Waals surface area contributed by atoms with Crippen molar-refractivity contribution in [3.05, 3.63) is 83.8 Å². The average molecular weight is 340 g/mol. The van der Waals surface area contributed by atoms with Gasteiger partial charge in [0.05, 0.1) is 6.04 Å². The molecular weight excluding hydrogens is 323 g/mol. The molecule has 0 radical (unpaired) electrons. The number of rotatable bonds is 6. The lowest BCUT2D eigenvalue weighted by Gasteiger charge is -2.12. The van der Waals surface area contributed by atoms with Gasteiger partial charge in [-0.25, -0.2) is 4.39 Å².